The zero-order chi connectivity index (χ0) is 14.3. The fraction of sp³-hybridized carbons (Fsp3) is 0.400. The standard InChI is InChI=1S/C15H12F3NO/c16-15(17,18)14-5-9(8-19)1-4-13(14)10-6-11-2-3-12(7-10)20-11/h1,4-6,11-12H,2-3,7H2. The van der Waals surface area contributed by atoms with E-state index >= 15 is 0 Å². The maximum atomic E-state index is 13.2. The summed E-state index contributed by atoms with van der Waals surface area (Å²) in [6.07, 6.45) is -0.447. The lowest BCUT2D eigenvalue weighted by Crippen LogP contribution is -2.17. The molecule has 5 heteroatoms. The molecule has 0 aliphatic carbocycles. The van der Waals surface area contributed by atoms with Crippen molar-refractivity contribution in [2.45, 2.75) is 37.6 Å². The van der Waals surface area contributed by atoms with E-state index in [-0.39, 0.29) is 23.3 Å². The third-order valence-electron chi connectivity index (χ3n) is 3.78. The van der Waals surface area contributed by atoms with Gasteiger partial charge in [-0.25, -0.2) is 0 Å². The van der Waals surface area contributed by atoms with Crippen LogP contribution in [0.3, 0.4) is 0 Å². The molecule has 0 radical (unpaired) electrons. The molecule has 0 aromatic heterocycles. The van der Waals surface area contributed by atoms with Gasteiger partial charge in [-0.2, -0.15) is 18.4 Å². The van der Waals surface area contributed by atoms with Crippen molar-refractivity contribution in [2.24, 2.45) is 0 Å². The van der Waals surface area contributed by atoms with E-state index in [0.717, 1.165) is 18.9 Å². The zero-order valence-corrected chi connectivity index (χ0v) is 10.6. The third-order valence-corrected chi connectivity index (χ3v) is 3.78. The number of nitriles is 1. The average molecular weight is 279 g/mol. The van der Waals surface area contributed by atoms with Crippen molar-refractivity contribution in [1.82, 2.24) is 0 Å². The van der Waals surface area contributed by atoms with Gasteiger partial charge in [-0.05, 0) is 42.5 Å². The maximum absolute atomic E-state index is 13.2. The number of rotatable bonds is 1. The van der Waals surface area contributed by atoms with Crippen molar-refractivity contribution >= 4 is 5.57 Å². The van der Waals surface area contributed by atoms with Crippen LogP contribution in [-0.2, 0) is 10.9 Å². The second-order valence-corrected chi connectivity index (χ2v) is 5.14. The van der Waals surface area contributed by atoms with E-state index in [1.54, 1.807) is 12.1 Å². The van der Waals surface area contributed by atoms with E-state index in [0.29, 0.717) is 12.0 Å². The van der Waals surface area contributed by atoms with Crippen LogP contribution in [0.5, 0.6) is 0 Å². The van der Waals surface area contributed by atoms with Gasteiger partial charge in [0, 0.05) is 0 Å². The molecule has 0 amide bonds. The molecule has 2 nitrogen and oxygen atoms in total. The predicted octanol–water partition coefficient (Wildman–Crippen LogP) is 3.91. The fourth-order valence-corrected chi connectivity index (χ4v) is 2.87. The van der Waals surface area contributed by atoms with E-state index in [9.17, 15) is 13.2 Å². The Morgan fingerprint density at radius 2 is 2.05 bits per heavy atom. The highest BCUT2D eigenvalue weighted by atomic mass is 19.4. The molecule has 1 fully saturated rings. The normalized spacial score (nSPS) is 25.2. The molecule has 1 aromatic carbocycles. The quantitative estimate of drug-likeness (QED) is 0.780. The van der Waals surface area contributed by atoms with Gasteiger partial charge in [0.1, 0.15) is 0 Å². The maximum Gasteiger partial charge on any atom is 0.417 e. The fourth-order valence-electron chi connectivity index (χ4n) is 2.87. The van der Waals surface area contributed by atoms with Gasteiger partial charge in [-0.1, -0.05) is 12.1 Å². The first-order valence-corrected chi connectivity index (χ1v) is 6.45. The molecule has 2 aliphatic heterocycles. The predicted molar refractivity (Wildman–Crippen MR) is 66.6 cm³/mol. The molecule has 2 heterocycles. The molecule has 104 valence electrons. The van der Waals surface area contributed by atoms with Crippen molar-refractivity contribution in [1.29, 1.82) is 5.26 Å². The summed E-state index contributed by atoms with van der Waals surface area (Å²) in [6, 6.07) is 5.51. The van der Waals surface area contributed by atoms with Gasteiger partial charge in [0.2, 0.25) is 0 Å². The summed E-state index contributed by atoms with van der Waals surface area (Å²) in [5.74, 6) is 0. The van der Waals surface area contributed by atoms with Crippen molar-refractivity contribution in [3.05, 3.63) is 41.0 Å². The molecule has 0 saturated carbocycles. The molecule has 1 aromatic rings. The Kier molecular flexibility index (Phi) is 3.06. The number of fused-ring (bicyclic) bond motifs is 2. The molecule has 3 rings (SSSR count). The Balaban J connectivity index is 2.08. The van der Waals surface area contributed by atoms with Crippen LogP contribution in [-0.4, -0.2) is 12.2 Å². The van der Waals surface area contributed by atoms with Crippen LogP contribution in [0.4, 0.5) is 13.2 Å². The SMILES string of the molecule is N#Cc1ccc(C2=CC3CCC(C2)O3)c(C(F)(F)F)c1. The van der Waals surface area contributed by atoms with Gasteiger partial charge < -0.3 is 4.74 Å². The average Bonchev–Trinajstić information content (AvgIpc) is 2.76. The van der Waals surface area contributed by atoms with E-state index in [1.165, 1.54) is 12.1 Å². The summed E-state index contributed by atoms with van der Waals surface area (Å²) in [5, 5.41) is 8.77. The van der Waals surface area contributed by atoms with E-state index in [1.807, 2.05) is 0 Å². The number of nitrogens with zero attached hydrogens (tertiary/aromatic N) is 1. The summed E-state index contributed by atoms with van der Waals surface area (Å²) >= 11 is 0. The first-order chi connectivity index (χ1) is 9.47. The van der Waals surface area contributed by atoms with Gasteiger partial charge in [-0.3, -0.25) is 0 Å². The summed E-state index contributed by atoms with van der Waals surface area (Å²) in [7, 11) is 0. The molecule has 0 N–H and O–H groups in total. The minimum absolute atomic E-state index is 0.0247. The molecule has 2 unspecified atom stereocenters. The lowest BCUT2D eigenvalue weighted by atomic mass is 9.92. The van der Waals surface area contributed by atoms with Crippen molar-refractivity contribution in [2.75, 3.05) is 0 Å². The minimum atomic E-state index is -4.46. The van der Waals surface area contributed by atoms with Crippen molar-refractivity contribution in [3.8, 4) is 6.07 Å². The van der Waals surface area contributed by atoms with Crippen LogP contribution < -0.4 is 0 Å². The number of halogens is 3. The highest BCUT2D eigenvalue weighted by Gasteiger charge is 2.37. The second-order valence-electron chi connectivity index (χ2n) is 5.14. The van der Waals surface area contributed by atoms with Gasteiger partial charge in [0.05, 0.1) is 29.4 Å². The number of hydrogen-bond donors (Lipinski definition) is 0. The van der Waals surface area contributed by atoms with Crippen LogP contribution in [0.25, 0.3) is 5.57 Å². The summed E-state index contributed by atoms with van der Waals surface area (Å²) in [4.78, 5) is 0. The smallest absolute Gasteiger partial charge is 0.371 e. The molecule has 0 spiro atoms. The summed E-state index contributed by atoms with van der Waals surface area (Å²) < 4.78 is 45.1. The van der Waals surface area contributed by atoms with E-state index in [4.69, 9.17) is 10.00 Å². The molecular weight excluding hydrogens is 267 g/mol. The lowest BCUT2D eigenvalue weighted by Gasteiger charge is -2.23. The van der Waals surface area contributed by atoms with Gasteiger partial charge in [0.25, 0.3) is 0 Å². The highest BCUT2D eigenvalue weighted by Crippen LogP contribution is 2.41. The highest BCUT2D eigenvalue weighted by molar-refractivity contribution is 5.71. The first kappa shape index (κ1) is 13.2. The number of benzene rings is 1. The molecule has 2 atom stereocenters. The minimum Gasteiger partial charge on any atom is -0.371 e. The Morgan fingerprint density at radius 3 is 2.70 bits per heavy atom. The van der Waals surface area contributed by atoms with Gasteiger partial charge in [-0.15, -0.1) is 0 Å². The van der Waals surface area contributed by atoms with Crippen molar-refractivity contribution in [3.63, 3.8) is 0 Å². The molecule has 2 aliphatic rings. The van der Waals surface area contributed by atoms with Crippen LogP contribution in [0.2, 0.25) is 0 Å². The summed E-state index contributed by atoms with van der Waals surface area (Å²) in [5.41, 5.74) is 0.151. The Labute approximate surface area is 114 Å². The molecule has 2 bridgehead atoms. The van der Waals surface area contributed by atoms with Crippen LogP contribution in [0.1, 0.15) is 36.0 Å². The first-order valence-electron chi connectivity index (χ1n) is 6.45. The Morgan fingerprint density at radius 1 is 1.25 bits per heavy atom. The monoisotopic (exact) mass is 279 g/mol. The largest absolute Gasteiger partial charge is 0.417 e. The van der Waals surface area contributed by atoms with Gasteiger partial charge >= 0.3 is 6.18 Å². The van der Waals surface area contributed by atoms with Crippen LogP contribution >= 0.6 is 0 Å². The van der Waals surface area contributed by atoms with E-state index in [2.05, 4.69) is 0 Å². The van der Waals surface area contributed by atoms with E-state index < -0.39 is 11.7 Å². The van der Waals surface area contributed by atoms with Gasteiger partial charge in [0.15, 0.2) is 0 Å². The number of ether oxygens (including phenoxy) is 1. The summed E-state index contributed by atoms with van der Waals surface area (Å²) in [6.45, 7) is 0. The van der Waals surface area contributed by atoms with Crippen molar-refractivity contribution < 1.29 is 17.9 Å². The molecule has 20 heavy (non-hydrogen) atoms. The number of alkyl halides is 3. The van der Waals surface area contributed by atoms with Crippen LogP contribution in [0.15, 0.2) is 24.3 Å². The zero-order valence-electron chi connectivity index (χ0n) is 10.6. The topological polar surface area (TPSA) is 33.0 Å². The Bertz CT molecular complexity index is 613. The van der Waals surface area contributed by atoms with Crippen LogP contribution in [0, 0.1) is 11.3 Å². The number of hydrogen-bond acceptors (Lipinski definition) is 2. The second kappa shape index (κ2) is 4.64. The molecule has 1 saturated heterocycles. The Hall–Kier alpha value is -1.80. The third kappa shape index (κ3) is 2.32. The lowest BCUT2D eigenvalue weighted by molar-refractivity contribution is -0.137. The molecular formula is C15H12F3NO.